The highest BCUT2D eigenvalue weighted by atomic mass is 35.5. The van der Waals surface area contributed by atoms with E-state index in [2.05, 4.69) is 55.0 Å². The number of aryl methyl sites for hydroxylation is 1. The maximum Gasteiger partial charge on any atom is 0.136 e. The van der Waals surface area contributed by atoms with Gasteiger partial charge in [-0.05, 0) is 24.8 Å². The Morgan fingerprint density at radius 2 is 1.53 bits per heavy atom. The van der Waals surface area contributed by atoms with Crippen molar-refractivity contribution in [2.75, 3.05) is 0 Å². The molecule has 2 nitrogen and oxygen atoms in total. The average Bonchev–Trinajstić information content (AvgIpc) is 2.33. The lowest BCUT2D eigenvalue weighted by Crippen LogP contribution is -2.10. The molecule has 0 N–H and O–H groups in total. The van der Waals surface area contributed by atoms with Crippen LogP contribution in [0.1, 0.15) is 37.7 Å². The van der Waals surface area contributed by atoms with Crippen LogP contribution in [-0.4, -0.2) is 9.97 Å². The average molecular weight is 275 g/mol. The van der Waals surface area contributed by atoms with Crippen molar-refractivity contribution >= 4 is 11.6 Å². The Kier molecular flexibility index (Phi) is 3.64. The summed E-state index contributed by atoms with van der Waals surface area (Å²) in [5, 5.41) is 0.530. The van der Waals surface area contributed by atoms with Crippen LogP contribution in [0.2, 0.25) is 5.15 Å². The SMILES string of the molecule is Cc1nc(Cl)c(C)c(-c2ccc(C(C)(C)C)cc2)n1. The first kappa shape index (κ1) is 14.0. The highest BCUT2D eigenvalue weighted by Crippen LogP contribution is 2.28. The minimum Gasteiger partial charge on any atom is -0.233 e. The van der Waals surface area contributed by atoms with Crippen molar-refractivity contribution in [3.63, 3.8) is 0 Å². The Bertz CT molecular complexity index is 595. The molecule has 1 aromatic heterocycles. The topological polar surface area (TPSA) is 25.8 Å². The van der Waals surface area contributed by atoms with E-state index in [1.807, 2.05) is 13.8 Å². The minimum atomic E-state index is 0.160. The molecule has 100 valence electrons. The van der Waals surface area contributed by atoms with Crippen LogP contribution in [0.5, 0.6) is 0 Å². The molecule has 0 saturated carbocycles. The molecule has 2 rings (SSSR count). The summed E-state index contributed by atoms with van der Waals surface area (Å²) in [5.74, 6) is 0.700. The zero-order valence-electron chi connectivity index (χ0n) is 12.1. The van der Waals surface area contributed by atoms with Crippen LogP contribution >= 0.6 is 11.6 Å². The minimum absolute atomic E-state index is 0.160. The zero-order chi connectivity index (χ0) is 14.2. The summed E-state index contributed by atoms with van der Waals surface area (Å²) in [6.07, 6.45) is 0. The fourth-order valence-corrected chi connectivity index (χ4v) is 2.22. The van der Waals surface area contributed by atoms with Crippen LogP contribution in [0.3, 0.4) is 0 Å². The Labute approximate surface area is 119 Å². The number of aromatic nitrogens is 2. The molecule has 0 bridgehead atoms. The number of benzene rings is 1. The number of halogens is 1. The first-order valence-corrected chi connectivity index (χ1v) is 6.78. The van der Waals surface area contributed by atoms with Gasteiger partial charge in [-0.3, -0.25) is 0 Å². The fourth-order valence-electron chi connectivity index (χ4n) is 2.00. The molecule has 0 saturated heterocycles. The third kappa shape index (κ3) is 2.95. The van der Waals surface area contributed by atoms with Crippen molar-refractivity contribution in [3.05, 3.63) is 46.4 Å². The molecule has 0 atom stereocenters. The van der Waals surface area contributed by atoms with Crippen molar-refractivity contribution in [2.24, 2.45) is 0 Å². The summed E-state index contributed by atoms with van der Waals surface area (Å²) in [7, 11) is 0. The van der Waals surface area contributed by atoms with Gasteiger partial charge in [-0.15, -0.1) is 0 Å². The van der Waals surface area contributed by atoms with E-state index in [0.29, 0.717) is 11.0 Å². The van der Waals surface area contributed by atoms with Crippen LogP contribution in [-0.2, 0) is 5.41 Å². The largest absolute Gasteiger partial charge is 0.233 e. The van der Waals surface area contributed by atoms with Gasteiger partial charge in [0.25, 0.3) is 0 Å². The van der Waals surface area contributed by atoms with Gasteiger partial charge in [0.15, 0.2) is 0 Å². The first-order valence-electron chi connectivity index (χ1n) is 6.40. The molecule has 3 heteroatoms. The number of hydrogen-bond donors (Lipinski definition) is 0. The van der Waals surface area contributed by atoms with Crippen LogP contribution < -0.4 is 0 Å². The molecule has 0 fully saturated rings. The van der Waals surface area contributed by atoms with E-state index in [-0.39, 0.29) is 5.41 Å². The summed E-state index contributed by atoms with van der Waals surface area (Å²) in [4.78, 5) is 8.67. The third-order valence-electron chi connectivity index (χ3n) is 3.22. The maximum atomic E-state index is 6.12. The first-order chi connectivity index (χ1) is 8.79. The molecule has 19 heavy (non-hydrogen) atoms. The molecule has 2 aromatic rings. The summed E-state index contributed by atoms with van der Waals surface area (Å²) >= 11 is 6.12. The molecule has 0 spiro atoms. The molecule has 0 unspecified atom stereocenters. The summed E-state index contributed by atoms with van der Waals surface area (Å²) in [6, 6.07) is 8.51. The second kappa shape index (κ2) is 4.93. The molecule has 0 radical (unpaired) electrons. The molecule has 0 aliphatic rings. The Morgan fingerprint density at radius 3 is 2.05 bits per heavy atom. The fraction of sp³-hybridized carbons (Fsp3) is 0.375. The van der Waals surface area contributed by atoms with Gasteiger partial charge >= 0.3 is 0 Å². The summed E-state index contributed by atoms with van der Waals surface area (Å²) < 4.78 is 0. The highest BCUT2D eigenvalue weighted by molar-refractivity contribution is 6.30. The van der Waals surface area contributed by atoms with Crippen LogP contribution in [0.15, 0.2) is 24.3 Å². The standard InChI is InChI=1S/C16H19ClN2/c1-10-14(18-11(2)19-15(10)17)12-6-8-13(9-7-12)16(3,4)5/h6-9H,1-5H3. The van der Waals surface area contributed by atoms with Gasteiger partial charge in [-0.25, -0.2) is 9.97 Å². The van der Waals surface area contributed by atoms with Gasteiger partial charge in [0.1, 0.15) is 11.0 Å². The summed E-state index contributed by atoms with van der Waals surface area (Å²) in [6.45, 7) is 10.4. The van der Waals surface area contributed by atoms with Crippen molar-refractivity contribution in [1.29, 1.82) is 0 Å². The molecular formula is C16H19ClN2. The number of hydrogen-bond acceptors (Lipinski definition) is 2. The van der Waals surface area contributed by atoms with E-state index in [1.165, 1.54) is 5.56 Å². The number of rotatable bonds is 1. The van der Waals surface area contributed by atoms with E-state index in [9.17, 15) is 0 Å². The lowest BCUT2D eigenvalue weighted by molar-refractivity contribution is 0.590. The second-order valence-electron chi connectivity index (χ2n) is 5.86. The molecule has 1 aromatic carbocycles. The van der Waals surface area contributed by atoms with Gasteiger partial charge in [-0.1, -0.05) is 56.6 Å². The van der Waals surface area contributed by atoms with Gasteiger partial charge in [-0.2, -0.15) is 0 Å². The van der Waals surface area contributed by atoms with Gasteiger partial charge in [0, 0.05) is 11.1 Å². The highest BCUT2D eigenvalue weighted by Gasteiger charge is 2.14. The van der Waals surface area contributed by atoms with Crippen molar-refractivity contribution < 1.29 is 0 Å². The predicted octanol–water partition coefficient (Wildman–Crippen LogP) is 4.71. The monoisotopic (exact) mass is 274 g/mol. The van der Waals surface area contributed by atoms with Crippen molar-refractivity contribution in [3.8, 4) is 11.3 Å². The van der Waals surface area contributed by atoms with Crippen LogP contribution in [0.4, 0.5) is 0 Å². The van der Waals surface area contributed by atoms with E-state index < -0.39 is 0 Å². The van der Waals surface area contributed by atoms with Crippen LogP contribution in [0.25, 0.3) is 11.3 Å². The predicted molar refractivity (Wildman–Crippen MR) is 80.7 cm³/mol. The van der Waals surface area contributed by atoms with Gasteiger partial charge in [0.2, 0.25) is 0 Å². The normalized spacial score (nSPS) is 11.7. The molecule has 0 aliphatic heterocycles. The third-order valence-corrected chi connectivity index (χ3v) is 3.59. The molecule has 0 aliphatic carbocycles. The van der Waals surface area contributed by atoms with E-state index >= 15 is 0 Å². The lowest BCUT2D eigenvalue weighted by Gasteiger charge is -2.19. The van der Waals surface area contributed by atoms with E-state index in [1.54, 1.807) is 0 Å². The van der Waals surface area contributed by atoms with Crippen LogP contribution in [0, 0.1) is 13.8 Å². The zero-order valence-corrected chi connectivity index (χ0v) is 12.8. The van der Waals surface area contributed by atoms with E-state index in [0.717, 1.165) is 16.8 Å². The Balaban J connectivity index is 2.49. The van der Waals surface area contributed by atoms with Crippen molar-refractivity contribution in [1.82, 2.24) is 9.97 Å². The van der Waals surface area contributed by atoms with Gasteiger partial charge in [0.05, 0.1) is 5.69 Å². The Morgan fingerprint density at radius 1 is 0.947 bits per heavy atom. The van der Waals surface area contributed by atoms with Crippen molar-refractivity contribution in [2.45, 2.75) is 40.0 Å². The Hall–Kier alpha value is -1.41. The maximum absolute atomic E-state index is 6.12. The number of nitrogens with zero attached hydrogens (tertiary/aromatic N) is 2. The lowest BCUT2D eigenvalue weighted by atomic mass is 9.86. The smallest absolute Gasteiger partial charge is 0.136 e. The molecule has 1 heterocycles. The molecular weight excluding hydrogens is 256 g/mol. The van der Waals surface area contributed by atoms with E-state index in [4.69, 9.17) is 11.6 Å². The second-order valence-corrected chi connectivity index (χ2v) is 6.22. The summed E-state index contributed by atoms with van der Waals surface area (Å²) in [5.41, 5.74) is 4.39. The van der Waals surface area contributed by atoms with Gasteiger partial charge < -0.3 is 0 Å². The quantitative estimate of drug-likeness (QED) is 0.704. The molecule has 0 amide bonds.